The number of aromatic nitrogens is 1. The minimum Gasteiger partial charge on any atom is -0.338 e. The Bertz CT molecular complexity index is 715. The molecule has 0 bridgehead atoms. The molecule has 1 aromatic heterocycles. The van der Waals surface area contributed by atoms with Crippen LogP contribution in [0.25, 0.3) is 0 Å². The second kappa shape index (κ2) is 7.65. The topological polar surface area (TPSA) is 33.2 Å². The predicted molar refractivity (Wildman–Crippen MR) is 97.6 cm³/mol. The molecule has 1 amide bonds. The minimum absolute atomic E-state index is 0.00284. The van der Waals surface area contributed by atoms with E-state index in [1.807, 2.05) is 27.0 Å². The number of amides is 1. The first-order valence-corrected chi connectivity index (χ1v) is 9.06. The number of nitrogens with zero attached hydrogens (tertiary/aromatic N) is 2. The molecule has 0 aliphatic carbocycles. The van der Waals surface area contributed by atoms with Gasteiger partial charge in [0, 0.05) is 11.9 Å². The first-order valence-electron chi connectivity index (χ1n) is 7.49. The summed E-state index contributed by atoms with van der Waals surface area (Å²) in [6.45, 7) is 6.12. The van der Waals surface area contributed by atoms with Crippen molar-refractivity contribution in [3.8, 4) is 0 Å². The van der Waals surface area contributed by atoms with Crippen LogP contribution in [0.5, 0.6) is 0 Å². The molecule has 0 saturated heterocycles. The highest BCUT2D eigenvalue weighted by atomic mass is 35.5. The maximum atomic E-state index is 12.5. The van der Waals surface area contributed by atoms with Gasteiger partial charge in [0.1, 0.15) is 0 Å². The molecular formula is C17H20Cl2N2OS. The minimum atomic E-state index is 0.00284. The van der Waals surface area contributed by atoms with Crippen molar-refractivity contribution < 1.29 is 4.79 Å². The van der Waals surface area contributed by atoms with E-state index in [4.69, 9.17) is 23.2 Å². The number of carbonyl (C=O) groups excluding carboxylic acids is 1. The SMILES string of the molecule is CCc1nc(C)c([C@@H](C)N(C)C(=O)Cc2ccc(Cl)c(Cl)c2)s1. The first-order chi connectivity index (χ1) is 10.8. The van der Waals surface area contributed by atoms with Crippen molar-refractivity contribution in [3.63, 3.8) is 0 Å². The second-order valence-corrected chi connectivity index (χ2v) is 7.45. The van der Waals surface area contributed by atoms with E-state index < -0.39 is 0 Å². The van der Waals surface area contributed by atoms with Crippen molar-refractivity contribution in [1.82, 2.24) is 9.88 Å². The van der Waals surface area contributed by atoms with Crippen molar-refractivity contribution in [2.45, 2.75) is 39.7 Å². The quantitative estimate of drug-likeness (QED) is 0.734. The molecule has 0 aliphatic rings. The number of carbonyl (C=O) groups is 1. The molecule has 0 unspecified atom stereocenters. The molecule has 0 N–H and O–H groups in total. The van der Waals surface area contributed by atoms with E-state index in [0.717, 1.165) is 27.6 Å². The molecule has 1 aromatic carbocycles. The number of hydrogen-bond acceptors (Lipinski definition) is 3. The van der Waals surface area contributed by atoms with E-state index in [2.05, 4.69) is 11.9 Å². The van der Waals surface area contributed by atoms with Crippen LogP contribution in [0.1, 0.15) is 41.0 Å². The molecule has 2 aromatic rings. The van der Waals surface area contributed by atoms with Gasteiger partial charge in [-0.3, -0.25) is 4.79 Å². The van der Waals surface area contributed by atoms with Crippen molar-refractivity contribution in [1.29, 1.82) is 0 Å². The number of thiazole rings is 1. The van der Waals surface area contributed by atoms with Crippen LogP contribution >= 0.6 is 34.5 Å². The lowest BCUT2D eigenvalue weighted by atomic mass is 10.1. The third-order valence-electron chi connectivity index (χ3n) is 3.87. The van der Waals surface area contributed by atoms with Gasteiger partial charge < -0.3 is 4.90 Å². The average Bonchev–Trinajstić information content (AvgIpc) is 2.90. The maximum absolute atomic E-state index is 12.5. The lowest BCUT2D eigenvalue weighted by molar-refractivity contribution is -0.131. The summed E-state index contributed by atoms with van der Waals surface area (Å²) in [5.74, 6) is 0.0433. The van der Waals surface area contributed by atoms with Gasteiger partial charge in [0.15, 0.2) is 0 Å². The summed E-state index contributed by atoms with van der Waals surface area (Å²) >= 11 is 13.6. The van der Waals surface area contributed by atoms with Crippen LogP contribution < -0.4 is 0 Å². The number of hydrogen-bond donors (Lipinski definition) is 0. The van der Waals surface area contributed by atoms with E-state index in [-0.39, 0.29) is 11.9 Å². The summed E-state index contributed by atoms with van der Waals surface area (Å²) < 4.78 is 0. The molecule has 23 heavy (non-hydrogen) atoms. The highest BCUT2D eigenvalue weighted by Crippen LogP contribution is 2.29. The number of halogens is 2. The predicted octanol–water partition coefficient (Wildman–Crippen LogP) is 5.08. The normalized spacial score (nSPS) is 12.3. The fourth-order valence-electron chi connectivity index (χ4n) is 2.35. The Hall–Kier alpha value is -1.10. The summed E-state index contributed by atoms with van der Waals surface area (Å²) in [5.41, 5.74) is 1.87. The highest BCUT2D eigenvalue weighted by molar-refractivity contribution is 7.11. The largest absolute Gasteiger partial charge is 0.338 e. The van der Waals surface area contributed by atoms with Gasteiger partial charge in [0.25, 0.3) is 0 Å². The van der Waals surface area contributed by atoms with E-state index in [0.29, 0.717) is 16.5 Å². The van der Waals surface area contributed by atoms with E-state index in [1.54, 1.807) is 28.4 Å². The van der Waals surface area contributed by atoms with Gasteiger partial charge >= 0.3 is 0 Å². The molecule has 0 fully saturated rings. The molecule has 3 nitrogen and oxygen atoms in total. The zero-order valence-corrected chi connectivity index (χ0v) is 16.0. The van der Waals surface area contributed by atoms with Gasteiger partial charge in [-0.25, -0.2) is 4.98 Å². The highest BCUT2D eigenvalue weighted by Gasteiger charge is 2.22. The monoisotopic (exact) mass is 370 g/mol. The Morgan fingerprint density at radius 1 is 1.35 bits per heavy atom. The van der Waals surface area contributed by atoms with Crippen molar-refractivity contribution in [3.05, 3.63) is 49.4 Å². The van der Waals surface area contributed by atoms with Gasteiger partial charge in [-0.1, -0.05) is 36.2 Å². The van der Waals surface area contributed by atoms with E-state index >= 15 is 0 Å². The fourth-order valence-corrected chi connectivity index (χ4v) is 3.77. The molecule has 0 saturated carbocycles. The third-order valence-corrected chi connectivity index (χ3v) is 6.08. The molecule has 124 valence electrons. The number of likely N-dealkylation sites (N-methyl/N-ethyl adjacent to an activating group) is 1. The molecule has 0 radical (unpaired) electrons. The van der Waals surface area contributed by atoms with Crippen LogP contribution in [0.4, 0.5) is 0 Å². The maximum Gasteiger partial charge on any atom is 0.227 e. The van der Waals surface area contributed by atoms with Crippen LogP contribution in [-0.2, 0) is 17.6 Å². The smallest absolute Gasteiger partial charge is 0.227 e. The Morgan fingerprint density at radius 3 is 2.61 bits per heavy atom. The van der Waals surface area contributed by atoms with Crippen LogP contribution in [0.15, 0.2) is 18.2 Å². The lowest BCUT2D eigenvalue weighted by Crippen LogP contribution is -2.30. The lowest BCUT2D eigenvalue weighted by Gasteiger charge is -2.24. The van der Waals surface area contributed by atoms with Crippen molar-refractivity contribution >= 4 is 40.4 Å². The summed E-state index contributed by atoms with van der Waals surface area (Å²) in [5, 5.41) is 2.07. The molecular weight excluding hydrogens is 351 g/mol. The van der Waals surface area contributed by atoms with Gasteiger partial charge in [0.2, 0.25) is 5.91 Å². The Labute approximate surface area is 151 Å². The molecule has 0 aliphatic heterocycles. The average molecular weight is 371 g/mol. The van der Waals surface area contributed by atoms with Crippen molar-refractivity contribution in [2.24, 2.45) is 0 Å². The summed E-state index contributed by atoms with van der Waals surface area (Å²) in [6.07, 6.45) is 1.22. The Kier molecular flexibility index (Phi) is 6.06. The zero-order chi connectivity index (χ0) is 17.1. The summed E-state index contributed by atoms with van der Waals surface area (Å²) in [7, 11) is 1.83. The first kappa shape index (κ1) is 18.2. The standard InChI is InChI=1S/C17H20Cl2N2OS/c1-5-15-20-10(2)17(23-15)11(3)21(4)16(22)9-12-6-7-13(18)14(19)8-12/h6-8,11H,5,9H2,1-4H3/t11-/m1/s1. The Morgan fingerprint density at radius 2 is 2.04 bits per heavy atom. The van der Waals surface area contributed by atoms with E-state index in [1.165, 1.54) is 0 Å². The zero-order valence-electron chi connectivity index (χ0n) is 13.7. The van der Waals surface area contributed by atoms with Crippen LogP contribution in [-0.4, -0.2) is 22.8 Å². The summed E-state index contributed by atoms with van der Waals surface area (Å²) in [4.78, 5) is 20.0. The molecule has 2 rings (SSSR count). The molecule has 1 heterocycles. The van der Waals surface area contributed by atoms with Gasteiger partial charge in [-0.2, -0.15) is 0 Å². The number of benzene rings is 1. The van der Waals surface area contributed by atoms with Crippen LogP contribution in [0, 0.1) is 6.92 Å². The van der Waals surface area contributed by atoms with Crippen molar-refractivity contribution in [2.75, 3.05) is 7.05 Å². The Balaban J connectivity index is 2.11. The van der Waals surface area contributed by atoms with Gasteiger partial charge in [-0.15, -0.1) is 11.3 Å². The second-order valence-electron chi connectivity index (χ2n) is 5.52. The van der Waals surface area contributed by atoms with Gasteiger partial charge in [-0.05, 0) is 38.0 Å². The molecule has 6 heteroatoms. The number of rotatable bonds is 5. The van der Waals surface area contributed by atoms with Crippen LogP contribution in [0.2, 0.25) is 10.0 Å². The molecule has 1 atom stereocenters. The van der Waals surface area contributed by atoms with E-state index in [9.17, 15) is 4.79 Å². The van der Waals surface area contributed by atoms with Crippen LogP contribution in [0.3, 0.4) is 0 Å². The molecule has 0 spiro atoms. The third kappa shape index (κ3) is 4.25. The number of aryl methyl sites for hydroxylation is 2. The fraction of sp³-hybridized carbons (Fsp3) is 0.412. The summed E-state index contributed by atoms with van der Waals surface area (Å²) in [6, 6.07) is 5.30. The van der Waals surface area contributed by atoms with Gasteiger partial charge in [0.05, 0.1) is 33.2 Å².